The predicted molar refractivity (Wildman–Crippen MR) is 135 cm³/mol. The summed E-state index contributed by atoms with van der Waals surface area (Å²) < 4.78 is 7.70. The van der Waals surface area contributed by atoms with E-state index in [2.05, 4.69) is 17.5 Å². The lowest BCUT2D eigenvalue weighted by atomic mass is 10.0. The maximum atomic E-state index is 13.3. The summed E-state index contributed by atoms with van der Waals surface area (Å²) in [7, 11) is 1.70. The van der Waals surface area contributed by atoms with Crippen molar-refractivity contribution in [3.63, 3.8) is 0 Å². The lowest BCUT2D eigenvalue weighted by Gasteiger charge is -2.27. The van der Waals surface area contributed by atoms with Crippen LogP contribution in [0.25, 0.3) is 5.69 Å². The third-order valence-electron chi connectivity index (χ3n) is 6.69. The van der Waals surface area contributed by atoms with E-state index in [0.717, 1.165) is 54.6 Å². The van der Waals surface area contributed by atoms with Crippen LogP contribution >= 0.6 is 11.3 Å². The van der Waals surface area contributed by atoms with E-state index < -0.39 is 0 Å². The fraction of sp³-hybridized carbons (Fsp3) is 0.407. The molecule has 1 aromatic carbocycles. The Labute approximate surface area is 205 Å². The van der Waals surface area contributed by atoms with Gasteiger partial charge in [-0.2, -0.15) is 5.10 Å². The number of hydrogen-bond acceptors (Lipinski definition) is 5. The molecule has 0 radical (unpaired) electrons. The van der Waals surface area contributed by atoms with Crippen molar-refractivity contribution in [3.8, 4) is 11.4 Å². The summed E-state index contributed by atoms with van der Waals surface area (Å²) in [5.41, 5.74) is 4.40. The lowest BCUT2D eigenvalue weighted by molar-refractivity contribution is -0.131. The van der Waals surface area contributed by atoms with Crippen molar-refractivity contribution in [3.05, 3.63) is 76.3 Å². The first-order valence-electron chi connectivity index (χ1n) is 12.0. The maximum Gasteiger partial charge on any atom is 0.228 e. The smallest absolute Gasteiger partial charge is 0.228 e. The molecular formula is C27H32N4O2S. The van der Waals surface area contributed by atoms with Crippen molar-refractivity contribution < 1.29 is 9.53 Å². The lowest BCUT2D eigenvalue weighted by Crippen LogP contribution is -2.35. The zero-order valence-corrected chi connectivity index (χ0v) is 20.6. The molecular weight excluding hydrogens is 444 g/mol. The fourth-order valence-electron chi connectivity index (χ4n) is 4.73. The summed E-state index contributed by atoms with van der Waals surface area (Å²) in [4.78, 5) is 18.9. The highest BCUT2D eigenvalue weighted by Gasteiger charge is 2.31. The topological polar surface area (TPSA) is 50.6 Å². The van der Waals surface area contributed by atoms with Gasteiger partial charge in [-0.25, -0.2) is 4.68 Å². The zero-order valence-electron chi connectivity index (χ0n) is 19.8. The summed E-state index contributed by atoms with van der Waals surface area (Å²) in [5.74, 6) is 1.61. The Morgan fingerprint density at radius 3 is 2.88 bits per heavy atom. The summed E-state index contributed by atoms with van der Waals surface area (Å²) >= 11 is 1.65. The number of aromatic nitrogens is 2. The summed E-state index contributed by atoms with van der Waals surface area (Å²) in [6, 6.07) is 12.1. The first kappa shape index (κ1) is 22.9. The number of rotatable bonds is 10. The van der Waals surface area contributed by atoms with Crippen molar-refractivity contribution in [2.75, 3.05) is 26.7 Å². The molecule has 3 heterocycles. The molecule has 0 saturated heterocycles. The van der Waals surface area contributed by atoms with E-state index in [1.807, 2.05) is 51.4 Å². The van der Waals surface area contributed by atoms with Crippen LogP contribution < -0.4 is 4.74 Å². The van der Waals surface area contributed by atoms with Gasteiger partial charge in [0.25, 0.3) is 0 Å². The number of ether oxygens (including phenoxy) is 1. The molecule has 0 atom stereocenters. The van der Waals surface area contributed by atoms with Crippen LogP contribution in [0.2, 0.25) is 0 Å². The molecule has 0 bridgehead atoms. The molecule has 0 unspecified atom stereocenters. The number of carbonyl (C=O) groups is 1. The van der Waals surface area contributed by atoms with Crippen molar-refractivity contribution in [2.45, 2.75) is 38.8 Å². The fourth-order valence-corrected chi connectivity index (χ4v) is 5.43. The highest BCUT2D eigenvalue weighted by Crippen LogP contribution is 2.33. The molecule has 5 rings (SSSR count). The first-order chi connectivity index (χ1) is 16.7. The van der Waals surface area contributed by atoms with Crippen LogP contribution in [-0.2, 0) is 30.7 Å². The normalized spacial score (nSPS) is 15.7. The van der Waals surface area contributed by atoms with Crippen LogP contribution in [0.15, 0.2) is 54.4 Å². The van der Waals surface area contributed by atoms with E-state index in [9.17, 15) is 4.79 Å². The van der Waals surface area contributed by atoms with Gasteiger partial charge < -0.3 is 9.64 Å². The maximum absolute atomic E-state index is 13.3. The number of carbonyl (C=O) groups excluding carboxylic acids is 1. The zero-order chi connectivity index (χ0) is 23.5. The minimum atomic E-state index is 0.189. The number of hydrogen-bond donors (Lipinski definition) is 0. The summed E-state index contributed by atoms with van der Waals surface area (Å²) in [6.45, 7) is 7.92. The van der Waals surface area contributed by atoms with Gasteiger partial charge in [-0.3, -0.25) is 9.69 Å². The Hall–Kier alpha value is -2.90. The van der Waals surface area contributed by atoms with Crippen molar-refractivity contribution in [1.82, 2.24) is 19.6 Å². The molecule has 2 aliphatic rings. The molecule has 1 fully saturated rings. The first-order valence-corrected chi connectivity index (χ1v) is 12.9. The van der Waals surface area contributed by atoms with Crippen LogP contribution in [0.5, 0.6) is 5.75 Å². The van der Waals surface area contributed by atoms with E-state index in [4.69, 9.17) is 9.84 Å². The molecule has 178 valence electrons. The third-order valence-corrected chi connectivity index (χ3v) is 7.57. The number of benzene rings is 1. The Morgan fingerprint density at radius 1 is 1.29 bits per heavy atom. The van der Waals surface area contributed by atoms with Crippen LogP contribution in [-0.4, -0.2) is 52.2 Å². The van der Waals surface area contributed by atoms with Gasteiger partial charge in [0.15, 0.2) is 0 Å². The Bertz CT molecular complexity index is 1150. The number of thiophene rings is 1. The molecule has 0 spiro atoms. The summed E-state index contributed by atoms with van der Waals surface area (Å²) in [5, 5.41) is 7.14. The molecule has 2 aromatic heterocycles. The van der Waals surface area contributed by atoms with Gasteiger partial charge in [0.2, 0.25) is 5.91 Å². The van der Waals surface area contributed by atoms with Gasteiger partial charge in [-0.1, -0.05) is 24.3 Å². The van der Waals surface area contributed by atoms with Crippen molar-refractivity contribution >= 4 is 17.2 Å². The number of fused-ring (bicyclic) bond motifs is 1. The van der Waals surface area contributed by atoms with Gasteiger partial charge in [0.1, 0.15) is 11.4 Å². The quantitative estimate of drug-likeness (QED) is 0.405. The van der Waals surface area contributed by atoms with Gasteiger partial charge in [-0.05, 0) is 42.3 Å². The second-order valence-electron chi connectivity index (χ2n) is 9.20. The molecule has 7 heteroatoms. The molecule has 1 aliphatic heterocycles. The second-order valence-corrected chi connectivity index (χ2v) is 10.2. The average Bonchev–Trinajstić information content (AvgIpc) is 3.39. The minimum Gasteiger partial charge on any atom is -0.494 e. The van der Waals surface area contributed by atoms with Crippen molar-refractivity contribution in [1.29, 1.82) is 0 Å². The highest BCUT2D eigenvalue weighted by molar-refractivity contribution is 7.10. The molecule has 1 amide bonds. The molecule has 6 nitrogen and oxygen atoms in total. The van der Waals surface area contributed by atoms with Gasteiger partial charge >= 0.3 is 0 Å². The molecule has 1 aliphatic carbocycles. The third kappa shape index (κ3) is 4.95. The van der Waals surface area contributed by atoms with E-state index in [1.165, 1.54) is 24.1 Å². The van der Waals surface area contributed by atoms with E-state index in [-0.39, 0.29) is 5.91 Å². The van der Waals surface area contributed by atoms with Crippen LogP contribution in [0.1, 0.15) is 34.7 Å². The van der Waals surface area contributed by atoms with Gasteiger partial charge in [-0.15, -0.1) is 17.9 Å². The molecule has 0 N–H and O–H groups in total. The van der Waals surface area contributed by atoms with Crippen LogP contribution in [0.4, 0.5) is 0 Å². The number of methoxy groups -OCH3 is 1. The SMILES string of the molecule is C=CCN1CCc2c(c(CN(CC3CC3)C(=O)Cc3cccs3)nn2-c2ccccc2OC)C1. The van der Waals surface area contributed by atoms with E-state index in [1.54, 1.807) is 18.4 Å². The average molecular weight is 477 g/mol. The minimum absolute atomic E-state index is 0.189. The molecule has 34 heavy (non-hydrogen) atoms. The number of nitrogens with zero attached hydrogens (tertiary/aromatic N) is 4. The van der Waals surface area contributed by atoms with Crippen LogP contribution in [0.3, 0.4) is 0 Å². The van der Waals surface area contributed by atoms with Crippen LogP contribution in [0, 0.1) is 5.92 Å². The van der Waals surface area contributed by atoms with E-state index >= 15 is 0 Å². The standard InChI is InChI=1S/C27H32N4O2S/c1-3-13-29-14-12-24-22(18-29)23(28-31(24)25-8-4-5-9-26(25)33-2)19-30(17-20-10-11-20)27(32)16-21-7-6-15-34-21/h3-9,15,20H,1,10-14,16-19H2,2H3. The Morgan fingerprint density at radius 2 is 2.15 bits per heavy atom. The Balaban J connectivity index is 1.49. The second kappa shape index (κ2) is 10.2. The van der Waals surface area contributed by atoms with Gasteiger partial charge in [0, 0.05) is 43.0 Å². The summed E-state index contributed by atoms with van der Waals surface area (Å²) in [6.07, 6.45) is 5.74. The molecule has 1 saturated carbocycles. The monoisotopic (exact) mass is 476 g/mol. The number of para-hydroxylation sites is 2. The van der Waals surface area contributed by atoms with E-state index in [0.29, 0.717) is 18.9 Å². The Kier molecular flexibility index (Phi) is 6.83. The largest absolute Gasteiger partial charge is 0.494 e. The molecule has 3 aromatic rings. The van der Waals surface area contributed by atoms with Gasteiger partial charge in [0.05, 0.1) is 31.5 Å². The predicted octanol–water partition coefficient (Wildman–Crippen LogP) is 4.47. The number of amides is 1. The highest BCUT2D eigenvalue weighted by atomic mass is 32.1. The van der Waals surface area contributed by atoms with Crippen molar-refractivity contribution in [2.24, 2.45) is 5.92 Å².